The molecule has 2 saturated heterocycles. The first-order valence-corrected chi connectivity index (χ1v) is 11.0. The Morgan fingerprint density at radius 3 is 2.52 bits per heavy atom. The third kappa shape index (κ3) is 4.16. The first-order chi connectivity index (χ1) is 12.8. The highest BCUT2D eigenvalue weighted by molar-refractivity contribution is 7.89. The van der Waals surface area contributed by atoms with Crippen molar-refractivity contribution in [2.75, 3.05) is 25.4 Å². The number of amides is 1. The van der Waals surface area contributed by atoms with Gasteiger partial charge in [-0.05, 0) is 32.1 Å². The minimum Gasteiger partial charge on any atom is -0.478 e. The number of rotatable bonds is 6. The summed E-state index contributed by atoms with van der Waals surface area (Å²) in [4.78, 5) is 25.6. The van der Waals surface area contributed by atoms with E-state index in [2.05, 4.69) is 5.10 Å². The molecule has 1 amide bonds. The fraction of sp³-hybridized carbons (Fsp3) is 0.706. The Labute approximate surface area is 159 Å². The van der Waals surface area contributed by atoms with Gasteiger partial charge in [-0.2, -0.15) is 9.40 Å². The van der Waals surface area contributed by atoms with Crippen LogP contribution < -0.4 is 0 Å². The molecule has 27 heavy (non-hydrogen) atoms. The molecule has 9 nitrogen and oxygen atoms in total. The van der Waals surface area contributed by atoms with E-state index in [1.54, 1.807) is 9.58 Å². The molecule has 3 rings (SSSR count). The topological polar surface area (TPSA) is 113 Å². The van der Waals surface area contributed by atoms with E-state index in [1.807, 2.05) is 6.92 Å². The Kier molecular flexibility index (Phi) is 5.85. The maximum Gasteiger partial charge on any atom is 0.338 e. The lowest BCUT2D eigenvalue weighted by Crippen LogP contribution is -2.50. The molecule has 1 atom stereocenters. The van der Waals surface area contributed by atoms with Crippen molar-refractivity contribution in [2.24, 2.45) is 0 Å². The number of carbonyl (C=O) groups excluding carboxylic acids is 1. The number of hydrogen-bond donors (Lipinski definition) is 1. The molecule has 0 radical (unpaired) electrons. The predicted molar refractivity (Wildman–Crippen MR) is 97.8 cm³/mol. The minimum absolute atomic E-state index is 0.0469. The van der Waals surface area contributed by atoms with Crippen LogP contribution in [-0.2, 0) is 14.8 Å². The Morgan fingerprint density at radius 2 is 1.93 bits per heavy atom. The summed E-state index contributed by atoms with van der Waals surface area (Å²) < 4.78 is 27.9. The summed E-state index contributed by atoms with van der Waals surface area (Å²) in [5.74, 6) is -1.05. The summed E-state index contributed by atoms with van der Waals surface area (Å²) in [6.07, 6.45) is 5.99. The number of aromatic nitrogens is 2. The van der Waals surface area contributed by atoms with Gasteiger partial charge in [-0.15, -0.1) is 0 Å². The fourth-order valence-electron chi connectivity index (χ4n) is 3.90. The molecular formula is C17H26N4O5S. The zero-order valence-corrected chi connectivity index (χ0v) is 16.3. The largest absolute Gasteiger partial charge is 0.478 e. The van der Waals surface area contributed by atoms with E-state index in [4.69, 9.17) is 5.11 Å². The Balaban J connectivity index is 1.61. The summed E-state index contributed by atoms with van der Waals surface area (Å²) in [5.41, 5.74) is 0.149. The van der Waals surface area contributed by atoms with Crippen LogP contribution in [0.3, 0.4) is 0 Å². The van der Waals surface area contributed by atoms with Gasteiger partial charge < -0.3 is 10.0 Å². The van der Waals surface area contributed by atoms with Crippen LogP contribution in [0.1, 0.15) is 55.4 Å². The number of piperidine rings is 1. The molecule has 0 aromatic carbocycles. The van der Waals surface area contributed by atoms with Crippen molar-refractivity contribution in [2.45, 2.75) is 51.1 Å². The average Bonchev–Trinajstić information content (AvgIpc) is 3.31. The molecule has 1 aromatic rings. The molecule has 10 heteroatoms. The molecule has 2 aliphatic heterocycles. The van der Waals surface area contributed by atoms with Crippen LogP contribution in [0.4, 0.5) is 0 Å². The van der Waals surface area contributed by atoms with Gasteiger partial charge in [-0.3, -0.25) is 9.48 Å². The summed E-state index contributed by atoms with van der Waals surface area (Å²) >= 11 is 0. The molecule has 0 bridgehead atoms. The Bertz CT molecular complexity index is 798. The smallest absolute Gasteiger partial charge is 0.338 e. The summed E-state index contributed by atoms with van der Waals surface area (Å²) in [5, 5.41) is 13.1. The van der Waals surface area contributed by atoms with Gasteiger partial charge in [0.1, 0.15) is 6.04 Å². The number of nitrogens with zero attached hydrogens (tertiary/aromatic N) is 4. The highest BCUT2D eigenvalue weighted by Crippen LogP contribution is 2.27. The van der Waals surface area contributed by atoms with Gasteiger partial charge >= 0.3 is 5.97 Å². The lowest BCUT2D eigenvalue weighted by atomic mass is 10.0. The number of carbonyl (C=O) groups is 2. The lowest BCUT2D eigenvalue weighted by Gasteiger charge is -2.35. The Morgan fingerprint density at radius 1 is 1.22 bits per heavy atom. The fourth-order valence-corrected chi connectivity index (χ4v) is 5.65. The second-order valence-electron chi connectivity index (χ2n) is 7.16. The third-order valence-corrected chi connectivity index (χ3v) is 7.38. The summed E-state index contributed by atoms with van der Waals surface area (Å²) in [6.45, 7) is 3.27. The molecule has 0 saturated carbocycles. The van der Waals surface area contributed by atoms with Crippen molar-refractivity contribution in [3.05, 3.63) is 18.0 Å². The third-order valence-electron chi connectivity index (χ3n) is 5.31. The molecule has 2 aliphatic rings. The zero-order chi connectivity index (χ0) is 19.6. The van der Waals surface area contributed by atoms with Gasteiger partial charge in [0, 0.05) is 25.8 Å². The molecular weight excluding hydrogens is 372 g/mol. The second kappa shape index (κ2) is 7.97. The molecule has 0 aliphatic carbocycles. The van der Waals surface area contributed by atoms with Crippen LogP contribution in [0, 0.1) is 0 Å². The molecule has 150 valence electrons. The SMILES string of the molecule is CCCS(=O)(=O)N1CCCC1C(=O)N1CCC(n2cc(C(=O)O)cn2)CC1. The van der Waals surface area contributed by atoms with E-state index >= 15 is 0 Å². The van der Waals surface area contributed by atoms with Crippen LogP contribution in [0.5, 0.6) is 0 Å². The number of carboxylic acid groups (broad SMARTS) is 1. The van der Waals surface area contributed by atoms with Crippen LogP contribution >= 0.6 is 0 Å². The molecule has 0 spiro atoms. The van der Waals surface area contributed by atoms with Gasteiger partial charge in [0.05, 0.1) is 23.6 Å². The first-order valence-electron chi connectivity index (χ1n) is 9.39. The number of carboxylic acids is 1. The number of aromatic carboxylic acids is 1. The zero-order valence-electron chi connectivity index (χ0n) is 15.5. The van der Waals surface area contributed by atoms with Gasteiger partial charge in [0.2, 0.25) is 15.9 Å². The van der Waals surface area contributed by atoms with E-state index in [9.17, 15) is 18.0 Å². The summed E-state index contributed by atoms with van der Waals surface area (Å²) in [7, 11) is -3.39. The molecule has 1 N–H and O–H groups in total. The van der Waals surface area contributed by atoms with E-state index in [1.165, 1.54) is 16.7 Å². The Hall–Kier alpha value is -1.94. The highest BCUT2D eigenvalue weighted by Gasteiger charge is 2.40. The summed E-state index contributed by atoms with van der Waals surface area (Å²) in [6, 6.07) is -0.535. The van der Waals surface area contributed by atoms with E-state index in [0.717, 1.165) is 0 Å². The van der Waals surface area contributed by atoms with Crippen molar-refractivity contribution in [1.82, 2.24) is 19.0 Å². The van der Waals surface area contributed by atoms with Crippen molar-refractivity contribution >= 4 is 21.9 Å². The van der Waals surface area contributed by atoms with Crippen LogP contribution in [0.2, 0.25) is 0 Å². The molecule has 1 unspecified atom stereocenters. The second-order valence-corrected chi connectivity index (χ2v) is 9.20. The van der Waals surface area contributed by atoms with Gasteiger partial charge in [-0.25, -0.2) is 13.2 Å². The van der Waals surface area contributed by atoms with Gasteiger partial charge in [-0.1, -0.05) is 6.92 Å². The predicted octanol–water partition coefficient (Wildman–Crippen LogP) is 0.949. The van der Waals surface area contributed by atoms with Crippen LogP contribution in [-0.4, -0.2) is 75.8 Å². The molecule has 3 heterocycles. The van der Waals surface area contributed by atoms with E-state index < -0.39 is 22.0 Å². The first kappa shape index (κ1) is 19.8. The minimum atomic E-state index is -3.39. The van der Waals surface area contributed by atoms with Crippen molar-refractivity contribution in [3.8, 4) is 0 Å². The number of sulfonamides is 1. The maximum atomic E-state index is 12.9. The van der Waals surface area contributed by atoms with E-state index in [0.29, 0.717) is 51.7 Å². The van der Waals surface area contributed by atoms with Crippen LogP contribution in [0.15, 0.2) is 12.4 Å². The highest BCUT2D eigenvalue weighted by atomic mass is 32.2. The van der Waals surface area contributed by atoms with Gasteiger partial charge in [0.15, 0.2) is 0 Å². The van der Waals surface area contributed by atoms with Crippen molar-refractivity contribution in [3.63, 3.8) is 0 Å². The molecule has 2 fully saturated rings. The van der Waals surface area contributed by atoms with Crippen LogP contribution in [0.25, 0.3) is 0 Å². The standard InChI is InChI=1S/C17H26N4O5S/c1-2-10-27(25,26)21-7-3-4-15(21)16(22)19-8-5-14(6-9-19)20-12-13(11-18-20)17(23)24/h11-12,14-15H,2-10H2,1H3,(H,23,24). The van der Waals surface area contributed by atoms with Crippen molar-refractivity contribution in [1.29, 1.82) is 0 Å². The number of hydrogen-bond acceptors (Lipinski definition) is 5. The normalized spacial score (nSPS) is 22.3. The monoisotopic (exact) mass is 398 g/mol. The van der Waals surface area contributed by atoms with E-state index in [-0.39, 0.29) is 23.3 Å². The van der Waals surface area contributed by atoms with Crippen molar-refractivity contribution < 1.29 is 23.1 Å². The maximum absolute atomic E-state index is 12.9. The van der Waals surface area contributed by atoms with Gasteiger partial charge in [0.25, 0.3) is 0 Å². The lowest BCUT2D eigenvalue weighted by molar-refractivity contribution is -0.136. The average molecular weight is 398 g/mol. The molecule has 1 aromatic heterocycles. The number of likely N-dealkylation sites (tertiary alicyclic amines) is 1. The quantitative estimate of drug-likeness (QED) is 0.763.